The summed E-state index contributed by atoms with van der Waals surface area (Å²) in [5.41, 5.74) is 5.10. The lowest BCUT2D eigenvalue weighted by molar-refractivity contribution is -0.174. The van der Waals surface area contributed by atoms with E-state index < -0.39 is 17.7 Å². The van der Waals surface area contributed by atoms with Gasteiger partial charge in [0.25, 0.3) is 5.91 Å². The SMILES string of the molecule is CC(O)C(N)C(=O)N1CCCC12CN(C1CCC1)C2=O. The topological polar surface area (TPSA) is 86.9 Å². The summed E-state index contributed by atoms with van der Waals surface area (Å²) < 4.78 is 0. The predicted octanol–water partition coefficient (Wildman–Crippen LogP) is -0.550. The van der Waals surface area contributed by atoms with Gasteiger partial charge in [0.15, 0.2) is 0 Å². The number of likely N-dealkylation sites (tertiary alicyclic amines) is 2. The highest BCUT2D eigenvalue weighted by molar-refractivity contribution is 5.98. The van der Waals surface area contributed by atoms with E-state index in [-0.39, 0.29) is 11.8 Å². The molecule has 0 aromatic rings. The molecule has 0 bridgehead atoms. The lowest BCUT2D eigenvalue weighted by atomic mass is 9.79. The molecule has 1 aliphatic carbocycles. The average Bonchev–Trinajstić information content (AvgIpc) is 2.80. The zero-order valence-corrected chi connectivity index (χ0v) is 11.9. The predicted molar refractivity (Wildman–Crippen MR) is 72.7 cm³/mol. The van der Waals surface area contributed by atoms with Crippen molar-refractivity contribution < 1.29 is 14.7 Å². The molecule has 3 atom stereocenters. The molecule has 2 aliphatic heterocycles. The number of rotatable bonds is 3. The fourth-order valence-corrected chi connectivity index (χ4v) is 3.56. The molecule has 3 rings (SSSR count). The third kappa shape index (κ3) is 1.78. The van der Waals surface area contributed by atoms with Gasteiger partial charge in [-0.2, -0.15) is 0 Å². The smallest absolute Gasteiger partial charge is 0.250 e. The summed E-state index contributed by atoms with van der Waals surface area (Å²) in [6.45, 7) is 2.73. The van der Waals surface area contributed by atoms with Crippen molar-refractivity contribution >= 4 is 11.8 Å². The summed E-state index contributed by atoms with van der Waals surface area (Å²) in [6.07, 6.45) is 4.04. The van der Waals surface area contributed by atoms with Gasteiger partial charge in [-0.25, -0.2) is 0 Å². The fraction of sp³-hybridized carbons (Fsp3) is 0.857. The molecule has 2 saturated heterocycles. The highest BCUT2D eigenvalue weighted by Crippen LogP contribution is 2.43. The van der Waals surface area contributed by atoms with Crippen molar-refractivity contribution in [2.24, 2.45) is 5.73 Å². The van der Waals surface area contributed by atoms with E-state index in [9.17, 15) is 14.7 Å². The Hall–Kier alpha value is -1.14. The third-order valence-electron chi connectivity index (χ3n) is 5.17. The quantitative estimate of drug-likeness (QED) is 0.680. The van der Waals surface area contributed by atoms with Gasteiger partial charge in [-0.05, 0) is 39.0 Å². The van der Waals surface area contributed by atoms with Crippen LogP contribution >= 0.6 is 0 Å². The Labute approximate surface area is 118 Å². The summed E-state index contributed by atoms with van der Waals surface area (Å²) in [7, 11) is 0. The van der Waals surface area contributed by atoms with Crippen molar-refractivity contribution in [3.05, 3.63) is 0 Å². The Morgan fingerprint density at radius 2 is 2.15 bits per heavy atom. The van der Waals surface area contributed by atoms with Crippen LogP contribution in [0.25, 0.3) is 0 Å². The molecule has 20 heavy (non-hydrogen) atoms. The van der Waals surface area contributed by atoms with Crippen molar-refractivity contribution in [1.82, 2.24) is 9.80 Å². The van der Waals surface area contributed by atoms with E-state index in [0.717, 1.165) is 25.7 Å². The van der Waals surface area contributed by atoms with Crippen LogP contribution < -0.4 is 5.73 Å². The van der Waals surface area contributed by atoms with E-state index in [1.54, 1.807) is 4.90 Å². The van der Waals surface area contributed by atoms with Gasteiger partial charge < -0.3 is 20.6 Å². The minimum atomic E-state index is -0.935. The fourth-order valence-electron chi connectivity index (χ4n) is 3.56. The molecular weight excluding hydrogens is 258 g/mol. The Bertz CT molecular complexity index is 435. The Morgan fingerprint density at radius 1 is 1.45 bits per heavy atom. The van der Waals surface area contributed by atoms with Gasteiger partial charge in [0.05, 0.1) is 12.6 Å². The number of carbonyl (C=O) groups is 2. The molecule has 0 aromatic carbocycles. The molecule has 3 aliphatic rings. The number of aliphatic hydroxyl groups is 1. The molecule has 112 valence electrons. The number of hydrogen-bond donors (Lipinski definition) is 2. The van der Waals surface area contributed by atoms with E-state index in [0.29, 0.717) is 19.1 Å². The van der Waals surface area contributed by atoms with Crippen molar-refractivity contribution in [3.8, 4) is 0 Å². The first-order valence-corrected chi connectivity index (χ1v) is 7.53. The first-order valence-electron chi connectivity index (χ1n) is 7.53. The number of nitrogens with zero attached hydrogens (tertiary/aromatic N) is 2. The summed E-state index contributed by atoms with van der Waals surface area (Å²) in [6, 6.07) is -0.549. The van der Waals surface area contributed by atoms with Crippen LogP contribution in [0.5, 0.6) is 0 Å². The third-order valence-corrected chi connectivity index (χ3v) is 5.17. The Morgan fingerprint density at radius 3 is 2.65 bits per heavy atom. The number of amides is 2. The lowest BCUT2D eigenvalue weighted by Crippen LogP contribution is -2.76. The van der Waals surface area contributed by atoms with Crippen molar-refractivity contribution in [2.75, 3.05) is 13.1 Å². The van der Waals surface area contributed by atoms with Gasteiger partial charge in [0.1, 0.15) is 11.6 Å². The van der Waals surface area contributed by atoms with Gasteiger partial charge in [-0.1, -0.05) is 0 Å². The van der Waals surface area contributed by atoms with Gasteiger partial charge in [0.2, 0.25) is 5.91 Å². The van der Waals surface area contributed by atoms with Crippen molar-refractivity contribution in [3.63, 3.8) is 0 Å². The van der Waals surface area contributed by atoms with Crippen molar-refractivity contribution in [2.45, 2.75) is 62.8 Å². The molecule has 3 N–H and O–H groups in total. The standard InChI is InChI=1S/C14H23N3O3/c1-9(18)11(15)12(19)17-7-3-6-14(17)8-16(13(14)20)10-4-2-5-10/h9-11,18H,2-8,15H2,1H3. The normalized spacial score (nSPS) is 33.0. The molecule has 1 saturated carbocycles. The lowest BCUT2D eigenvalue weighted by Gasteiger charge is -2.56. The molecule has 1 spiro atoms. The van der Waals surface area contributed by atoms with Crippen molar-refractivity contribution in [1.29, 1.82) is 0 Å². The second kappa shape index (κ2) is 4.70. The van der Waals surface area contributed by atoms with Gasteiger partial charge in [0, 0.05) is 12.6 Å². The van der Waals surface area contributed by atoms with Crippen LogP contribution in [-0.2, 0) is 9.59 Å². The molecule has 0 radical (unpaired) electrons. The number of β-lactam (4-membered cyclic amide) rings is 1. The Balaban J connectivity index is 1.73. The highest BCUT2D eigenvalue weighted by atomic mass is 16.3. The molecule has 6 heteroatoms. The minimum absolute atomic E-state index is 0.0887. The second-order valence-corrected chi connectivity index (χ2v) is 6.41. The zero-order chi connectivity index (χ0) is 14.5. The largest absolute Gasteiger partial charge is 0.391 e. The molecule has 2 heterocycles. The van der Waals surface area contributed by atoms with Crippen LogP contribution in [0, 0.1) is 0 Å². The van der Waals surface area contributed by atoms with E-state index in [1.807, 2.05) is 4.90 Å². The first-order chi connectivity index (χ1) is 9.47. The molecule has 3 fully saturated rings. The van der Waals surface area contributed by atoms with Crippen LogP contribution in [0.3, 0.4) is 0 Å². The van der Waals surface area contributed by atoms with E-state index in [4.69, 9.17) is 5.73 Å². The van der Waals surface area contributed by atoms with Crippen LogP contribution in [-0.4, -0.2) is 63.5 Å². The highest BCUT2D eigenvalue weighted by Gasteiger charge is 2.61. The molecule has 2 amide bonds. The second-order valence-electron chi connectivity index (χ2n) is 6.41. The minimum Gasteiger partial charge on any atom is -0.391 e. The van der Waals surface area contributed by atoms with E-state index >= 15 is 0 Å². The molecule has 0 aromatic heterocycles. The van der Waals surface area contributed by atoms with Crippen LogP contribution in [0.15, 0.2) is 0 Å². The van der Waals surface area contributed by atoms with E-state index in [2.05, 4.69) is 0 Å². The van der Waals surface area contributed by atoms with Gasteiger partial charge in [-0.15, -0.1) is 0 Å². The monoisotopic (exact) mass is 281 g/mol. The number of aliphatic hydroxyl groups excluding tert-OH is 1. The van der Waals surface area contributed by atoms with Crippen LogP contribution in [0.4, 0.5) is 0 Å². The first kappa shape index (κ1) is 13.8. The molecule has 3 unspecified atom stereocenters. The van der Waals surface area contributed by atoms with Gasteiger partial charge in [-0.3, -0.25) is 9.59 Å². The van der Waals surface area contributed by atoms with E-state index in [1.165, 1.54) is 13.3 Å². The summed E-state index contributed by atoms with van der Waals surface area (Å²) in [4.78, 5) is 28.5. The van der Waals surface area contributed by atoms with Crippen LogP contribution in [0.1, 0.15) is 39.0 Å². The summed E-state index contributed by atoms with van der Waals surface area (Å²) in [5, 5.41) is 9.50. The Kier molecular flexibility index (Phi) is 3.25. The number of nitrogens with two attached hydrogens (primary N) is 1. The van der Waals surface area contributed by atoms with Crippen LogP contribution in [0.2, 0.25) is 0 Å². The summed E-state index contributed by atoms with van der Waals surface area (Å²) in [5.74, 6) is -0.204. The zero-order valence-electron chi connectivity index (χ0n) is 11.9. The average molecular weight is 281 g/mol. The number of carbonyl (C=O) groups excluding carboxylic acids is 2. The number of hydrogen-bond acceptors (Lipinski definition) is 4. The maximum atomic E-state index is 12.6. The molecule has 6 nitrogen and oxygen atoms in total. The summed E-state index contributed by atoms with van der Waals surface area (Å²) >= 11 is 0. The maximum absolute atomic E-state index is 12.6. The van der Waals surface area contributed by atoms with Gasteiger partial charge >= 0.3 is 0 Å². The maximum Gasteiger partial charge on any atom is 0.250 e. The molecular formula is C14H23N3O3.